The molecule has 1 amide bonds. The molecule has 9 heteroatoms. The Balaban J connectivity index is 1.79. The van der Waals surface area contributed by atoms with E-state index in [-0.39, 0.29) is 11.9 Å². The summed E-state index contributed by atoms with van der Waals surface area (Å²) in [5, 5.41) is 10.3. The van der Waals surface area contributed by atoms with Gasteiger partial charge < -0.3 is 5.32 Å². The molecule has 3 rings (SSSR count). The van der Waals surface area contributed by atoms with Crippen molar-refractivity contribution in [2.24, 2.45) is 0 Å². The average Bonchev–Trinajstić information content (AvgIpc) is 3.10. The molecule has 0 saturated carbocycles. The predicted molar refractivity (Wildman–Crippen MR) is 110 cm³/mol. The van der Waals surface area contributed by atoms with Gasteiger partial charge >= 0.3 is 0 Å². The second-order valence-electron chi connectivity index (χ2n) is 6.36. The van der Waals surface area contributed by atoms with E-state index in [1.807, 2.05) is 19.1 Å². The summed E-state index contributed by atoms with van der Waals surface area (Å²) in [5.74, 6) is -0.308. The summed E-state index contributed by atoms with van der Waals surface area (Å²) in [7, 11) is -3.38. The van der Waals surface area contributed by atoms with Crippen LogP contribution in [0.15, 0.2) is 54.7 Å². The zero-order valence-corrected chi connectivity index (χ0v) is 16.8. The van der Waals surface area contributed by atoms with Crippen molar-refractivity contribution in [3.63, 3.8) is 0 Å². The second kappa shape index (κ2) is 8.04. The van der Waals surface area contributed by atoms with Crippen molar-refractivity contribution in [3.05, 3.63) is 70.9 Å². The van der Waals surface area contributed by atoms with Crippen LogP contribution < -0.4 is 10.0 Å². The van der Waals surface area contributed by atoms with Crippen LogP contribution in [-0.4, -0.2) is 30.8 Å². The Morgan fingerprint density at radius 2 is 1.93 bits per heavy atom. The molecule has 0 radical (unpaired) electrons. The van der Waals surface area contributed by atoms with Crippen LogP contribution in [0.4, 0.5) is 5.69 Å². The fourth-order valence-corrected chi connectivity index (χ4v) is 3.51. The van der Waals surface area contributed by atoms with Crippen LogP contribution in [0.25, 0.3) is 11.3 Å². The zero-order valence-electron chi connectivity index (χ0n) is 15.2. The molecular weight excluding hydrogens is 400 g/mol. The standard InChI is InChI=1S/C19H19ClN4O3S/c1-12(13-5-4-8-16(10-13)24-28(2,26)27)22-19(25)17-11-21-23-18(17)14-6-3-7-15(20)9-14/h3-12,24H,1-2H3,(H,21,23)(H,22,25). The topological polar surface area (TPSA) is 104 Å². The van der Waals surface area contributed by atoms with Crippen molar-refractivity contribution in [3.8, 4) is 11.3 Å². The van der Waals surface area contributed by atoms with Crippen molar-refractivity contribution in [2.45, 2.75) is 13.0 Å². The summed E-state index contributed by atoms with van der Waals surface area (Å²) < 4.78 is 25.2. The van der Waals surface area contributed by atoms with Gasteiger partial charge in [0.15, 0.2) is 0 Å². The molecule has 0 fully saturated rings. The van der Waals surface area contributed by atoms with Crippen LogP contribution in [0.1, 0.15) is 28.9 Å². The lowest BCUT2D eigenvalue weighted by Crippen LogP contribution is -2.26. The highest BCUT2D eigenvalue weighted by atomic mass is 35.5. The van der Waals surface area contributed by atoms with E-state index in [4.69, 9.17) is 11.6 Å². The SMILES string of the molecule is CC(NC(=O)c1cn[nH]c1-c1cccc(Cl)c1)c1cccc(NS(C)(=O)=O)c1. The highest BCUT2D eigenvalue weighted by Gasteiger charge is 2.18. The van der Waals surface area contributed by atoms with Crippen LogP contribution in [0, 0.1) is 0 Å². The van der Waals surface area contributed by atoms with Crippen molar-refractivity contribution in [1.29, 1.82) is 0 Å². The van der Waals surface area contributed by atoms with E-state index < -0.39 is 10.0 Å². The molecule has 0 aliphatic rings. The molecule has 2 aromatic carbocycles. The van der Waals surface area contributed by atoms with Crippen molar-refractivity contribution in [2.75, 3.05) is 11.0 Å². The number of aromatic nitrogens is 2. The van der Waals surface area contributed by atoms with E-state index in [0.29, 0.717) is 22.0 Å². The number of anilines is 1. The number of nitrogens with zero attached hydrogens (tertiary/aromatic N) is 1. The van der Waals surface area contributed by atoms with Gasteiger partial charge in [0.1, 0.15) is 0 Å². The number of hydrogen-bond donors (Lipinski definition) is 3. The molecule has 7 nitrogen and oxygen atoms in total. The number of benzene rings is 2. The van der Waals surface area contributed by atoms with Gasteiger partial charge in [-0.1, -0.05) is 35.9 Å². The van der Waals surface area contributed by atoms with Crippen molar-refractivity contribution in [1.82, 2.24) is 15.5 Å². The lowest BCUT2D eigenvalue weighted by Gasteiger charge is -2.16. The minimum atomic E-state index is -3.38. The minimum Gasteiger partial charge on any atom is -0.345 e. The van der Waals surface area contributed by atoms with Crippen LogP contribution >= 0.6 is 11.6 Å². The number of H-pyrrole nitrogens is 1. The number of nitrogens with one attached hydrogen (secondary N) is 3. The average molecular weight is 419 g/mol. The molecule has 1 unspecified atom stereocenters. The van der Waals surface area contributed by atoms with Crippen LogP contribution in [0.2, 0.25) is 5.02 Å². The van der Waals surface area contributed by atoms with Crippen molar-refractivity contribution < 1.29 is 13.2 Å². The number of amides is 1. The van der Waals surface area contributed by atoms with Gasteiger partial charge in [0.05, 0.1) is 29.8 Å². The molecule has 0 bridgehead atoms. The monoisotopic (exact) mass is 418 g/mol. The van der Waals surface area contributed by atoms with E-state index in [1.54, 1.807) is 36.4 Å². The van der Waals surface area contributed by atoms with Crippen LogP contribution in [-0.2, 0) is 10.0 Å². The lowest BCUT2D eigenvalue weighted by atomic mass is 10.1. The molecule has 3 aromatic rings. The molecule has 1 atom stereocenters. The number of carbonyl (C=O) groups excluding carboxylic acids is 1. The fourth-order valence-electron chi connectivity index (χ4n) is 2.77. The Labute approximate surface area is 168 Å². The third kappa shape index (κ3) is 4.90. The molecule has 3 N–H and O–H groups in total. The van der Waals surface area contributed by atoms with E-state index >= 15 is 0 Å². The van der Waals surface area contributed by atoms with Crippen LogP contribution in [0.5, 0.6) is 0 Å². The first-order valence-electron chi connectivity index (χ1n) is 8.41. The largest absolute Gasteiger partial charge is 0.345 e. The van der Waals surface area contributed by atoms with Crippen molar-refractivity contribution >= 4 is 33.2 Å². The van der Waals surface area contributed by atoms with E-state index in [0.717, 1.165) is 17.4 Å². The summed E-state index contributed by atoms with van der Waals surface area (Å²) in [6.45, 7) is 1.82. The normalized spacial score (nSPS) is 12.4. The molecule has 0 aliphatic heterocycles. The maximum Gasteiger partial charge on any atom is 0.255 e. The smallest absolute Gasteiger partial charge is 0.255 e. The van der Waals surface area contributed by atoms with E-state index in [1.165, 1.54) is 6.20 Å². The highest BCUT2D eigenvalue weighted by molar-refractivity contribution is 7.92. The first-order chi connectivity index (χ1) is 13.2. The van der Waals surface area contributed by atoms with Gasteiger partial charge in [-0.3, -0.25) is 14.6 Å². The molecule has 146 valence electrons. The Hall–Kier alpha value is -2.84. The quantitative estimate of drug-likeness (QED) is 0.569. The van der Waals surface area contributed by atoms with Gasteiger partial charge in [-0.2, -0.15) is 5.10 Å². The predicted octanol–water partition coefficient (Wildman–Crippen LogP) is 3.59. The minimum absolute atomic E-state index is 0.308. The van der Waals surface area contributed by atoms with Gasteiger partial charge in [0.2, 0.25) is 10.0 Å². The molecule has 0 saturated heterocycles. The number of halogens is 1. The summed E-state index contributed by atoms with van der Waals surface area (Å²) >= 11 is 6.04. The first-order valence-corrected chi connectivity index (χ1v) is 10.7. The maximum atomic E-state index is 12.8. The summed E-state index contributed by atoms with van der Waals surface area (Å²) in [6.07, 6.45) is 2.54. The third-order valence-electron chi connectivity index (χ3n) is 4.03. The molecular formula is C19H19ClN4O3S. The number of sulfonamides is 1. The molecule has 0 aliphatic carbocycles. The van der Waals surface area contributed by atoms with Gasteiger partial charge in [0.25, 0.3) is 5.91 Å². The first kappa shape index (κ1) is 19.9. The van der Waals surface area contributed by atoms with E-state index in [2.05, 4.69) is 20.2 Å². The highest BCUT2D eigenvalue weighted by Crippen LogP contribution is 2.25. The number of aromatic amines is 1. The van der Waals surface area contributed by atoms with Gasteiger partial charge in [-0.05, 0) is 36.8 Å². The third-order valence-corrected chi connectivity index (χ3v) is 4.88. The van der Waals surface area contributed by atoms with Gasteiger partial charge in [-0.15, -0.1) is 0 Å². The molecule has 1 aromatic heterocycles. The second-order valence-corrected chi connectivity index (χ2v) is 8.55. The van der Waals surface area contributed by atoms with Gasteiger partial charge in [-0.25, -0.2) is 8.42 Å². The molecule has 1 heterocycles. The summed E-state index contributed by atoms with van der Waals surface area (Å²) in [5.41, 5.74) is 2.90. The molecule has 28 heavy (non-hydrogen) atoms. The lowest BCUT2D eigenvalue weighted by molar-refractivity contribution is 0.0940. The summed E-state index contributed by atoms with van der Waals surface area (Å²) in [4.78, 5) is 12.8. The Kier molecular flexibility index (Phi) is 5.71. The number of carbonyl (C=O) groups is 1. The van der Waals surface area contributed by atoms with E-state index in [9.17, 15) is 13.2 Å². The Morgan fingerprint density at radius 1 is 1.18 bits per heavy atom. The Morgan fingerprint density at radius 3 is 2.64 bits per heavy atom. The van der Waals surface area contributed by atoms with Gasteiger partial charge in [0, 0.05) is 16.3 Å². The molecule has 0 spiro atoms. The fraction of sp³-hybridized carbons (Fsp3) is 0.158. The summed E-state index contributed by atoms with van der Waals surface area (Å²) in [6, 6.07) is 13.6. The number of rotatable bonds is 6. The number of hydrogen-bond acceptors (Lipinski definition) is 4. The zero-order chi connectivity index (χ0) is 20.3. The van der Waals surface area contributed by atoms with Crippen LogP contribution in [0.3, 0.4) is 0 Å². The maximum absolute atomic E-state index is 12.8. The Bertz CT molecular complexity index is 1110.